The fourth-order valence-electron chi connectivity index (χ4n) is 10.1. The summed E-state index contributed by atoms with van der Waals surface area (Å²) in [5.41, 5.74) is 1.82. The van der Waals surface area contributed by atoms with Gasteiger partial charge in [0.15, 0.2) is 0 Å². The lowest BCUT2D eigenvalue weighted by Crippen LogP contribution is -2.59. The molecule has 5 aliphatic rings. The highest BCUT2D eigenvalue weighted by Crippen LogP contribution is 2.49. The van der Waals surface area contributed by atoms with E-state index in [2.05, 4.69) is 64.4 Å². The summed E-state index contributed by atoms with van der Waals surface area (Å²) in [6.07, 6.45) is 15.7. The number of hydrogen-bond acceptors (Lipinski definition) is 8. The molecule has 308 valence electrons. The highest BCUT2D eigenvalue weighted by Gasteiger charge is 2.58. The predicted octanol–water partition coefficient (Wildman–Crippen LogP) is 7.62. The van der Waals surface area contributed by atoms with Gasteiger partial charge in [0, 0.05) is 19.4 Å². The molecule has 0 aliphatic carbocycles. The third-order valence-corrected chi connectivity index (χ3v) is 13.9. The predicted molar refractivity (Wildman–Crippen MR) is 219 cm³/mol. The number of aliphatic hydroxyl groups excluding tert-OH is 1. The number of hydrogen-bond donors (Lipinski definition) is 3. The lowest BCUT2D eigenvalue weighted by molar-refractivity contribution is -0.273. The number of imidazole rings is 1. The highest BCUT2D eigenvalue weighted by atomic mass is 16.6. The molecule has 3 N–H and O–H groups in total. The summed E-state index contributed by atoms with van der Waals surface area (Å²) in [4.78, 5) is 15.5. The second kappa shape index (κ2) is 16.8. The van der Waals surface area contributed by atoms with E-state index in [9.17, 15) is 15.0 Å². The van der Waals surface area contributed by atoms with Gasteiger partial charge < -0.3 is 38.9 Å². The Kier molecular flexibility index (Phi) is 12.4. The third-order valence-electron chi connectivity index (χ3n) is 13.9. The fraction of sp³-hybridized carbons (Fsp3) is 0.674. The number of allylic oxidation sites excluding steroid dienone is 7. The molecule has 0 radical (unpaired) electrons. The molecule has 10 nitrogen and oxygen atoms in total. The molecule has 1 aromatic heterocycles. The molecule has 13 unspecified atom stereocenters. The molecule has 10 heteroatoms. The zero-order chi connectivity index (χ0) is 39.8. The zero-order valence-electron chi connectivity index (χ0n) is 34.5. The summed E-state index contributed by atoms with van der Waals surface area (Å²) in [5, 5.41) is 23.3. The van der Waals surface area contributed by atoms with E-state index in [4.69, 9.17) is 23.7 Å². The number of aliphatic hydroxyl groups is 2. The van der Waals surface area contributed by atoms with Gasteiger partial charge in [-0.25, -0.2) is 4.79 Å². The van der Waals surface area contributed by atoms with Gasteiger partial charge >= 0.3 is 5.69 Å². The molecule has 13 atom stereocenters. The van der Waals surface area contributed by atoms with Crippen molar-refractivity contribution < 1.29 is 33.9 Å². The van der Waals surface area contributed by atoms with Crippen LogP contribution in [-0.2, 0) is 30.2 Å². The minimum absolute atomic E-state index is 0.0318. The van der Waals surface area contributed by atoms with Crippen molar-refractivity contribution in [2.24, 2.45) is 5.92 Å². The molecule has 2 aromatic rings. The van der Waals surface area contributed by atoms with Crippen molar-refractivity contribution in [2.45, 2.75) is 190 Å². The van der Waals surface area contributed by atoms with Crippen LogP contribution in [0.2, 0.25) is 0 Å². The van der Waals surface area contributed by atoms with Crippen LogP contribution in [0.1, 0.15) is 112 Å². The maximum atomic E-state index is 12.5. The van der Waals surface area contributed by atoms with Crippen LogP contribution in [0.4, 0.5) is 0 Å². The number of nitrogens with one attached hydrogen (secondary N) is 1. The van der Waals surface area contributed by atoms with E-state index in [1.807, 2.05) is 37.3 Å². The summed E-state index contributed by atoms with van der Waals surface area (Å²) >= 11 is 0. The molecule has 1 aromatic carbocycles. The first-order valence-corrected chi connectivity index (χ1v) is 21.2. The highest BCUT2D eigenvalue weighted by molar-refractivity contribution is 5.74. The van der Waals surface area contributed by atoms with E-state index in [1.165, 1.54) is 5.57 Å². The number of aromatic amines is 1. The van der Waals surface area contributed by atoms with Crippen LogP contribution in [-0.4, -0.2) is 91.5 Å². The van der Waals surface area contributed by atoms with E-state index in [-0.39, 0.29) is 54.3 Å². The number of fused-ring (bicyclic) bond motifs is 5. The molecule has 6 heterocycles. The van der Waals surface area contributed by atoms with Crippen molar-refractivity contribution in [3.63, 3.8) is 0 Å². The first kappa shape index (κ1) is 41.3. The molecule has 5 fully saturated rings. The van der Waals surface area contributed by atoms with Gasteiger partial charge in [0.05, 0.1) is 76.7 Å². The van der Waals surface area contributed by atoms with E-state index in [0.717, 1.165) is 61.6 Å². The number of nitrogens with zero attached hydrogens (tertiary/aromatic N) is 1. The SMILES string of the molecule is C=C/C=C\CCC1OC2CCC3(C)OC4C(O)CC5(C)OC(CC/C=C(C)/C(C)=C/Cn6c(=O)[nH]c7ccccc76)C(C)CC5OC4CC3OC2CCC1(C)O. The largest absolute Gasteiger partial charge is 0.390 e. The second-order valence-electron chi connectivity index (χ2n) is 18.2. The van der Waals surface area contributed by atoms with Crippen LogP contribution in [0.25, 0.3) is 11.0 Å². The molecular formula is C46H66N2O8. The second-order valence-corrected chi connectivity index (χ2v) is 18.2. The van der Waals surface area contributed by atoms with Crippen LogP contribution in [0.15, 0.2) is 77.2 Å². The molecule has 0 spiro atoms. The van der Waals surface area contributed by atoms with Gasteiger partial charge in [-0.1, -0.05) is 67.2 Å². The molecule has 5 saturated heterocycles. The lowest BCUT2D eigenvalue weighted by atomic mass is 9.79. The Morgan fingerprint density at radius 3 is 2.45 bits per heavy atom. The van der Waals surface area contributed by atoms with Crippen LogP contribution in [0.5, 0.6) is 0 Å². The smallest absolute Gasteiger partial charge is 0.326 e. The van der Waals surface area contributed by atoms with Gasteiger partial charge in [0.1, 0.15) is 6.10 Å². The number of para-hydroxylation sites is 2. The van der Waals surface area contributed by atoms with Crippen molar-refractivity contribution in [3.05, 3.63) is 82.9 Å². The number of rotatable bonds is 10. The topological polar surface area (TPSA) is 124 Å². The first-order chi connectivity index (χ1) is 26.7. The average molecular weight is 775 g/mol. The quantitative estimate of drug-likeness (QED) is 0.211. The van der Waals surface area contributed by atoms with Crippen molar-refractivity contribution in [3.8, 4) is 0 Å². The van der Waals surface area contributed by atoms with E-state index in [0.29, 0.717) is 32.2 Å². The van der Waals surface area contributed by atoms with E-state index < -0.39 is 29.0 Å². The summed E-state index contributed by atoms with van der Waals surface area (Å²) in [6, 6.07) is 7.77. The minimum atomic E-state index is -0.934. The van der Waals surface area contributed by atoms with Gasteiger partial charge in [-0.2, -0.15) is 0 Å². The van der Waals surface area contributed by atoms with Gasteiger partial charge in [-0.05, 0) is 110 Å². The van der Waals surface area contributed by atoms with E-state index >= 15 is 0 Å². The van der Waals surface area contributed by atoms with E-state index in [1.54, 1.807) is 10.6 Å². The Morgan fingerprint density at radius 1 is 0.929 bits per heavy atom. The maximum Gasteiger partial charge on any atom is 0.326 e. The average Bonchev–Trinajstić information content (AvgIpc) is 3.26. The molecule has 0 bridgehead atoms. The monoisotopic (exact) mass is 774 g/mol. The minimum Gasteiger partial charge on any atom is -0.390 e. The van der Waals surface area contributed by atoms with Crippen LogP contribution < -0.4 is 5.69 Å². The standard InChI is InChI=1S/C46H66N2O8/c1-8-9-10-11-19-39-44(5,51)23-20-36-37(52-39)21-24-45(6)41(53-36)27-38-42(56-45)34(49)28-46(7)40(54-38)26-31(4)35(55-46)18-14-15-29(2)30(3)22-25-48-33-17-13-12-16-32(33)47-43(48)50/h8-10,12-13,15-17,22,31,34-42,49,51H,1,11,14,18-21,23-28H2,2-7H3,(H,47,50)/b10-9-,29-15+,30-22+. The van der Waals surface area contributed by atoms with Gasteiger partial charge in [0.25, 0.3) is 0 Å². The fourth-order valence-corrected chi connectivity index (χ4v) is 10.1. The number of aromatic nitrogens is 2. The summed E-state index contributed by atoms with van der Waals surface area (Å²) in [6.45, 7) is 16.9. The lowest BCUT2D eigenvalue weighted by Gasteiger charge is -2.49. The zero-order valence-corrected chi connectivity index (χ0v) is 34.5. The molecule has 0 amide bonds. The van der Waals surface area contributed by atoms with Crippen molar-refractivity contribution in [2.75, 3.05) is 0 Å². The van der Waals surface area contributed by atoms with Gasteiger partial charge in [-0.15, -0.1) is 0 Å². The first-order valence-electron chi connectivity index (χ1n) is 21.2. The summed E-state index contributed by atoms with van der Waals surface area (Å²) < 4.78 is 36.3. The molecule has 56 heavy (non-hydrogen) atoms. The van der Waals surface area contributed by atoms with Crippen LogP contribution in [0, 0.1) is 5.92 Å². The Hall–Kier alpha value is -2.83. The third kappa shape index (κ3) is 8.63. The Bertz CT molecular complexity index is 1840. The normalized spacial score (nSPS) is 40.9. The Morgan fingerprint density at radius 2 is 1.64 bits per heavy atom. The molecular weight excluding hydrogens is 709 g/mol. The number of ether oxygens (including phenoxy) is 5. The van der Waals surface area contributed by atoms with Gasteiger partial charge in [0.2, 0.25) is 0 Å². The maximum absolute atomic E-state index is 12.5. The molecule has 7 rings (SSSR count). The molecule has 5 aliphatic heterocycles. The van der Waals surface area contributed by atoms with Crippen molar-refractivity contribution in [1.82, 2.24) is 9.55 Å². The van der Waals surface area contributed by atoms with Crippen molar-refractivity contribution >= 4 is 11.0 Å². The molecule has 0 saturated carbocycles. The van der Waals surface area contributed by atoms with Crippen molar-refractivity contribution in [1.29, 1.82) is 0 Å². The van der Waals surface area contributed by atoms with Gasteiger partial charge in [-0.3, -0.25) is 4.57 Å². The summed E-state index contributed by atoms with van der Waals surface area (Å²) in [7, 11) is 0. The Balaban J connectivity index is 0.974. The Labute approximate surface area is 333 Å². The van der Waals surface area contributed by atoms with Crippen LogP contribution >= 0.6 is 0 Å². The number of benzene rings is 1. The summed E-state index contributed by atoms with van der Waals surface area (Å²) in [5.74, 6) is 0.279. The van der Waals surface area contributed by atoms with Crippen LogP contribution in [0.3, 0.4) is 0 Å². The number of H-pyrrole nitrogens is 1.